The molecule has 2 N–H and O–H groups in total. The minimum atomic E-state index is -0.264. The predicted molar refractivity (Wildman–Crippen MR) is 83.9 cm³/mol. The molecule has 0 atom stereocenters. The quantitative estimate of drug-likeness (QED) is 0.685. The van der Waals surface area contributed by atoms with Crippen LogP contribution in [0.15, 0.2) is 30.3 Å². The van der Waals surface area contributed by atoms with Crippen molar-refractivity contribution in [2.45, 2.75) is 0 Å². The van der Waals surface area contributed by atoms with Gasteiger partial charge in [0.15, 0.2) is 11.5 Å². The Hall–Kier alpha value is -1.91. The third-order valence-corrected chi connectivity index (χ3v) is 3.69. The van der Waals surface area contributed by atoms with E-state index >= 15 is 0 Å². The molecule has 0 aliphatic heterocycles. The molecule has 0 aliphatic rings. The van der Waals surface area contributed by atoms with Gasteiger partial charge < -0.3 is 15.2 Å². The van der Waals surface area contributed by atoms with Crippen LogP contribution in [0.3, 0.4) is 0 Å². The fraction of sp³-hybridized carbons (Fsp3) is 0.133. The number of methoxy groups -OCH3 is 2. The van der Waals surface area contributed by atoms with Crippen LogP contribution in [0, 0.1) is 0 Å². The number of carbonyl (C=O) groups excluding carboxylic acids is 1. The van der Waals surface area contributed by atoms with E-state index in [4.69, 9.17) is 38.4 Å². The average molecular weight is 326 g/mol. The number of hydrogen-bond donors (Lipinski definition) is 1. The zero-order valence-electron chi connectivity index (χ0n) is 11.4. The second-order valence-corrected chi connectivity index (χ2v) is 5.01. The highest BCUT2D eigenvalue weighted by Gasteiger charge is 2.20. The summed E-state index contributed by atoms with van der Waals surface area (Å²) in [6.45, 7) is 0. The van der Waals surface area contributed by atoms with Crippen LogP contribution in [0.2, 0.25) is 10.0 Å². The Morgan fingerprint density at radius 2 is 1.81 bits per heavy atom. The van der Waals surface area contributed by atoms with Gasteiger partial charge in [-0.15, -0.1) is 0 Å². The molecule has 6 heteroatoms. The predicted octanol–water partition coefficient (Wildman–Crippen LogP) is 3.82. The third kappa shape index (κ3) is 2.91. The summed E-state index contributed by atoms with van der Waals surface area (Å²) in [6.07, 6.45) is 0. The normalized spacial score (nSPS) is 10.3. The van der Waals surface area contributed by atoms with Gasteiger partial charge in [-0.1, -0.05) is 23.2 Å². The second kappa shape index (κ2) is 6.24. The first kappa shape index (κ1) is 15.5. The highest BCUT2D eigenvalue weighted by Crippen LogP contribution is 2.38. The van der Waals surface area contributed by atoms with E-state index < -0.39 is 0 Å². The van der Waals surface area contributed by atoms with Crippen molar-refractivity contribution in [3.05, 3.63) is 51.5 Å². The molecular formula is C15H13Cl2NO3. The van der Waals surface area contributed by atoms with Crippen molar-refractivity contribution in [3.8, 4) is 11.5 Å². The van der Waals surface area contributed by atoms with E-state index in [0.717, 1.165) is 0 Å². The van der Waals surface area contributed by atoms with Gasteiger partial charge in [0.05, 0.1) is 30.5 Å². The maximum atomic E-state index is 12.6. The van der Waals surface area contributed by atoms with Crippen LogP contribution in [0.25, 0.3) is 0 Å². The zero-order valence-corrected chi connectivity index (χ0v) is 13.0. The van der Waals surface area contributed by atoms with Crippen LogP contribution >= 0.6 is 23.2 Å². The number of halogens is 2. The Bertz CT molecular complexity index is 702. The first-order valence-corrected chi connectivity index (χ1v) is 6.75. The van der Waals surface area contributed by atoms with Gasteiger partial charge in [-0.05, 0) is 30.3 Å². The first-order valence-electron chi connectivity index (χ1n) is 5.99. The second-order valence-electron chi connectivity index (χ2n) is 4.23. The van der Waals surface area contributed by atoms with Gasteiger partial charge in [0, 0.05) is 5.56 Å². The smallest absolute Gasteiger partial charge is 0.196 e. The molecule has 0 aromatic heterocycles. The minimum absolute atomic E-state index is 0.243. The number of ketones is 1. The van der Waals surface area contributed by atoms with Gasteiger partial charge in [0.25, 0.3) is 0 Å². The lowest BCUT2D eigenvalue weighted by Crippen LogP contribution is -2.06. The molecule has 0 amide bonds. The van der Waals surface area contributed by atoms with Crippen molar-refractivity contribution in [2.75, 3.05) is 20.0 Å². The largest absolute Gasteiger partial charge is 0.495 e. The van der Waals surface area contributed by atoms with Gasteiger partial charge in [0.1, 0.15) is 10.8 Å². The van der Waals surface area contributed by atoms with Crippen molar-refractivity contribution in [2.24, 2.45) is 0 Å². The van der Waals surface area contributed by atoms with E-state index in [1.54, 1.807) is 24.3 Å². The molecule has 0 saturated carbocycles. The summed E-state index contributed by atoms with van der Waals surface area (Å²) in [5, 5.41) is 0.638. The molecule has 2 aromatic rings. The summed E-state index contributed by atoms with van der Waals surface area (Å²) < 4.78 is 10.3. The number of hydrogen-bond acceptors (Lipinski definition) is 4. The number of anilines is 1. The van der Waals surface area contributed by atoms with E-state index in [0.29, 0.717) is 27.6 Å². The van der Waals surface area contributed by atoms with E-state index in [1.165, 1.54) is 20.3 Å². The monoisotopic (exact) mass is 325 g/mol. The minimum Gasteiger partial charge on any atom is -0.495 e. The Labute approximate surface area is 132 Å². The summed E-state index contributed by atoms with van der Waals surface area (Å²) in [6, 6.07) is 7.89. The Balaban J connectivity index is 2.52. The Morgan fingerprint density at radius 3 is 2.38 bits per heavy atom. The third-order valence-electron chi connectivity index (χ3n) is 2.99. The number of benzene rings is 2. The van der Waals surface area contributed by atoms with E-state index in [2.05, 4.69) is 0 Å². The van der Waals surface area contributed by atoms with Crippen molar-refractivity contribution >= 4 is 34.7 Å². The van der Waals surface area contributed by atoms with Crippen LogP contribution < -0.4 is 15.2 Å². The van der Waals surface area contributed by atoms with Crippen LogP contribution in [-0.4, -0.2) is 20.0 Å². The fourth-order valence-electron chi connectivity index (χ4n) is 1.91. The maximum Gasteiger partial charge on any atom is 0.196 e. The Kier molecular flexibility index (Phi) is 4.60. The molecule has 0 heterocycles. The topological polar surface area (TPSA) is 61.5 Å². The number of carbonyl (C=O) groups is 1. The maximum absolute atomic E-state index is 12.6. The average Bonchev–Trinajstić information content (AvgIpc) is 2.49. The molecule has 0 aliphatic carbocycles. The summed E-state index contributed by atoms with van der Waals surface area (Å²) in [5.41, 5.74) is 6.78. The van der Waals surface area contributed by atoms with Crippen molar-refractivity contribution in [3.63, 3.8) is 0 Å². The highest BCUT2D eigenvalue weighted by molar-refractivity contribution is 6.35. The molecule has 0 saturated heterocycles. The highest BCUT2D eigenvalue weighted by atomic mass is 35.5. The number of rotatable bonds is 4. The summed E-state index contributed by atoms with van der Waals surface area (Å²) >= 11 is 12.0. The van der Waals surface area contributed by atoms with E-state index in [-0.39, 0.29) is 16.6 Å². The number of nitrogen functional groups attached to an aromatic ring is 1. The van der Waals surface area contributed by atoms with Crippen molar-refractivity contribution in [1.82, 2.24) is 0 Å². The molecular weight excluding hydrogens is 313 g/mol. The molecule has 2 aromatic carbocycles. The van der Waals surface area contributed by atoms with Crippen LogP contribution in [-0.2, 0) is 0 Å². The van der Waals surface area contributed by atoms with Crippen LogP contribution in [0.4, 0.5) is 5.69 Å². The first-order chi connectivity index (χ1) is 9.99. The van der Waals surface area contributed by atoms with Gasteiger partial charge >= 0.3 is 0 Å². The van der Waals surface area contributed by atoms with Gasteiger partial charge in [0.2, 0.25) is 0 Å². The Morgan fingerprint density at radius 1 is 1.10 bits per heavy atom. The standard InChI is InChI=1S/C15H13Cl2NO3/c1-20-12-6-4-9(15(21-2)13(12)17)14(19)8-3-5-10(16)11(18)7-8/h3-7H,18H2,1-2H3. The van der Waals surface area contributed by atoms with Crippen molar-refractivity contribution in [1.29, 1.82) is 0 Å². The van der Waals surface area contributed by atoms with Gasteiger partial charge in [-0.2, -0.15) is 0 Å². The number of nitrogens with two attached hydrogens (primary N) is 1. The van der Waals surface area contributed by atoms with E-state index in [9.17, 15) is 4.79 Å². The fourth-order valence-corrected chi connectivity index (χ4v) is 2.35. The van der Waals surface area contributed by atoms with E-state index in [1.807, 2.05) is 0 Å². The van der Waals surface area contributed by atoms with Crippen LogP contribution in [0.1, 0.15) is 15.9 Å². The molecule has 110 valence electrons. The van der Waals surface area contributed by atoms with Gasteiger partial charge in [-0.25, -0.2) is 0 Å². The zero-order chi connectivity index (χ0) is 15.6. The summed E-state index contributed by atoms with van der Waals surface area (Å²) in [5.74, 6) is 0.426. The summed E-state index contributed by atoms with van der Waals surface area (Å²) in [4.78, 5) is 12.6. The molecule has 4 nitrogen and oxygen atoms in total. The molecule has 2 rings (SSSR count). The van der Waals surface area contributed by atoms with Gasteiger partial charge in [-0.3, -0.25) is 4.79 Å². The lowest BCUT2D eigenvalue weighted by Gasteiger charge is -2.12. The molecule has 0 spiro atoms. The lowest BCUT2D eigenvalue weighted by molar-refractivity contribution is 0.103. The molecule has 0 fully saturated rings. The molecule has 21 heavy (non-hydrogen) atoms. The lowest BCUT2D eigenvalue weighted by atomic mass is 10.0. The SMILES string of the molecule is COc1ccc(C(=O)c2ccc(Cl)c(N)c2)c(OC)c1Cl. The van der Waals surface area contributed by atoms with Crippen LogP contribution in [0.5, 0.6) is 11.5 Å². The van der Waals surface area contributed by atoms with Crippen molar-refractivity contribution < 1.29 is 14.3 Å². The molecule has 0 bridgehead atoms. The number of ether oxygens (including phenoxy) is 2. The molecule has 0 radical (unpaired) electrons. The molecule has 0 unspecified atom stereocenters. The summed E-state index contributed by atoms with van der Waals surface area (Å²) in [7, 11) is 2.93.